The number of benzene rings is 2. The number of amides is 2. The molecule has 2 aliphatic heterocycles. The van der Waals surface area contributed by atoms with E-state index in [2.05, 4.69) is 20.5 Å². The summed E-state index contributed by atoms with van der Waals surface area (Å²) in [4.78, 5) is 31.5. The molecule has 1 aliphatic carbocycles. The number of rotatable bonds is 8. The largest absolute Gasteiger partial charge is 0.490 e. The summed E-state index contributed by atoms with van der Waals surface area (Å²) in [6, 6.07) is 20.1. The first-order valence-corrected chi connectivity index (χ1v) is 14.9. The van der Waals surface area contributed by atoms with Gasteiger partial charge in [0.1, 0.15) is 11.9 Å². The minimum absolute atomic E-state index is 0.0973. The Bertz CT molecular complexity index is 1520. The fraction of sp³-hybridized carbons (Fsp3) is 0.394. The number of hydrogen-bond acceptors (Lipinski definition) is 5. The van der Waals surface area contributed by atoms with E-state index >= 15 is 0 Å². The lowest BCUT2D eigenvalue weighted by atomic mass is 9.94. The number of piperidine rings is 1. The Kier molecular flexibility index (Phi) is 6.90. The van der Waals surface area contributed by atoms with Crippen molar-refractivity contribution in [2.24, 2.45) is 5.92 Å². The number of fused-ring (bicyclic) bond motifs is 3. The number of carbonyl (C=O) groups is 2. The molecule has 4 aromatic rings. The number of hydrogen-bond donors (Lipinski definition) is 2. The first kappa shape index (κ1) is 25.7. The maximum atomic E-state index is 13.5. The van der Waals surface area contributed by atoms with Crippen LogP contribution in [-0.2, 0) is 4.79 Å². The minimum Gasteiger partial charge on any atom is -0.490 e. The number of aromatic nitrogens is 3. The molecule has 2 saturated heterocycles. The third-order valence-electron chi connectivity index (χ3n) is 9.29. The second-order valence-corrected chi connectivity index (χ2v) is 11.8. The molecule has 8 nitrogen and oxygen atoms in total. The lowest BCUT2D eigenvalue weighted by Crippen LogP contribution is -2.45. The van der Waals surface area contributed by atoms with Crippen molar-refractivity contribution in [1.29, 1.82) is 0 Å². The third kappa shape index (κ3) is 5.07. The molecule has 1 saturated carbocycles. The average molecular weight is 550 g/mol. The maximum Gasteiger partial charge on any atom is 0.251 e. The van der Waals surface area contributed by atoms with Crippen molar-refractivity contribution in [1.82, 2.24) is 25.4 Å². The SMILES string of the molecule is O=CN1C2CCC1CC(Oc1ccc(-c3n[nH]c4ccc(C(=O)NC(c5ccccn5)C5CCCC5)cc34)cc1)C2. The lowest BCUT2D eigenvalue weighted by molar-refractivity contribution is -0.123. The molecule has 0 spiro atoms. The zero-order chi connectivity index (χ0) is 27.8. The molecule has 2 N–H and O–H groups in total. The minimum atomic E-state index is -0.0980. The van der Waals surface area contributed by atoms with Crippen LogP contribution in [0.25, 0.3) is 22.2 Å². The monoisotopic (exact) mass is 549 g/mol. The summed E-state index contributed by atoms with van der Waals surface area (Å²) < 4.78 is 6.33. The summed E-state index contributed by atoms with van der Waals surface area (Å²) in [6.45, 7) is 0. The number of H-pyrrole nitrogens is 1. The Morgan fingerprint density at radius 1 is 1.00 bits per heavy atom. The van der Waals surface area contributed by atoms with Crippen molar-refractivity contribution in [3.63, 3.8) is 0 Å². The highest BCUT2D eigenvalue weighted by Gasteiger charge is 2.40. The van der Waals surface area contributed by atoms with Gasteiger partial charge in [-0.15, -0.1) is 0 Å². The topological polar surface area (TPSA) is 100 Å². The average Bonchev–Trinajstić information content (AvgIpc) is 3.75. The van der Waals surface area contributed by atoms with E-state index in [0.717, 1.165) is 78.5 Å². The zero-order valence-corrected chi connectivity index (χ0v) is 23.0. The molecule has 2 bridgehead atoms. The van der Waals surface area contributed by atoms with Gasteiger partial charge in [-0.05, 0) is 86.2 Å². The van der Waals surface area contributed by atoms with E-state index in [1.807, 2.05) is 65.6 Å². The number of carbonyl (C=O) groups excluding carboxylic acids is 2. The smallest absolute Gasteiger partial charge is 0.251 e. The molecule has 3 aliphatic rings. The molecule has 2 aromatic carbocycles. The van der Waals surface area contributed by atoms with Gasteiger partial charge in [0.2, 0.25) is 6.41 Å². The van der Waals surface area contributed by atoms with Gasteiger partial charge < -0.3 is 15.0 Å². The lowest BCUT2D eigenvalue weighted by Gasteiger charge is -2.36. The summed E-state index contributed by atoms with van der Waals surface area (Å²) >= 11 is 0. The van der Waals surface area contributed by atoms with Gasteiger partial charge in [-0.25, -0.2) is 0 Å². The molecule has 3 atom stereocenters. The number of nitrogens with one attached hydrogen (secondary N) is 2. The van der Waals surface area contributed by atoms with Crippen molar-refractivity contribution in [2.75, 3.05) is 0 Å². The molecular weight excluding hydrogens is 514 g/mol. The quantitative estimate of drug-likeness (QED) is 0.270. The summed E-state index contributed by atoms with van der Waals surface area (Å²) in [5.41, 5.74) is 4.16. The van der Waals surface area contributed by atoms with E-state index in [1.165, 1.54) is 12.8 Å². The van der Waals surface area contributed by atoms with Gasteiger partial charge in [0.25, 0.3) is 5.91 Å². The molecule has 3 fully saturated rings. The fourth-order valence-electron chi connectivity index (χ4n) is 7.20. The van der Waals surface area contributed by atoms with Crippen LogP contribution in [0.1, 0.15) is 73.5 Å². The van der Waals surface area contributed by atoms with Gasteiger partial charge >= 0.3 is 0 Å². The van der Waals surface area contributed by atoms with Crippen LogP contribution in [0.5, 0.6) is 5.75 Å². The molecule has 2 aromatic heterocycles. The van der Waals surface area contributed by atoms with Gasteiger partial charge in [0.05, 0.1) is 22.9 Å². The highest BCUT2D eigenvalue weighted by Crippen LogP contribution is 2.37. The molecule has 3 unspecified atom stereocenters. The molecule has 7 rings (SSSR count). The van der Waals surface area contributed by atoms with Gasteiger partial charge in [0, 0.05) is 47.6 Å². The predicted molar refractivity (Wildman–Crippen MR) is 156 cm³/mol. The van der Waals surface area contributed by atoms with Crippen LogP contribution in [-0.4, -0.2) is 50.6 Å². The van der Waals surface area contributed by atoms with E-state index in [1.54, 1.807) is 6.20 Å². The predicted octanol–water partition coefficient (Wildman–Crippen LogP) is 5.82. The Morgan fingerprint density at radius 3 is 2.49 bits per heavy atom. The number of aromatic amines is 1. The molecular formula is C33H35N5O3. The van der Waals surface area contributed by atoms with Gasteiger partial charge in [-0.2, -0.15) is 5.10 Å². The van der Waals surface area contributed by atoms with Gasteiger partial charge in [-0.3, -0.25) is 19.7 Å². The Balaban J connectivity index is 1.08. The van der Waals surface area contributed by atoms with Crippen LogP contribution in [0, 0.1) is 5.92 Å². The highest BCUT2D eigenvalue weighted by molar-refractivity contribution is 6.01. The Labute approximate surface area is 239 Å². The second-order valence-electron chi connectivity index (χ2n) is 11.8. The summed E-state index contributed by atoms with van der Waals surface area (Å²) in [6.07, 6.45) is 11.4. The van der Waals surface area contributed by atoms with E-state index < -0.39 is 0 Å². The first-order chi connectivity index (χ1) is 20.2. The van der Waals surface area contributed by atoms with Crippen LogP contribution in [0.4, 0.5) is 0 Å². The Morgan fingerprint density at radius 2 is 1.78 bits per heavy atom. The standard InChI is InChI=1S/C33H35N5O3/c39-20-38-24-11-12-25(38)19-27(18-24)41-26-13-8-22(9-14-26)31-28-17-23(10-15-29(28)36-37-31)33(40)35-32(21-5-1-2-6-21)30-7-3-4-16-34-30/h3-4,7-10,13-17,20-21,24-25,27,32H,1-2,5-6,11-12,18-19H2,(H,35,40)(H,36,37). The van der Waals surface area contributed by atoms with Crippen LogP contribution in [0.2, 0.25) is 0 Å². The van der Waals surface area contributed by atoms with E-state index in [-0.39, 0.29) is 18.1 Å². The molecule has 4 heterocycles. The van der Waals surface area contributed by atoms with E-state index in [0.29, 0.717) is 23.6 Å². The van der Waals surface area contributed by atoms with Crippen LogP contribution >= 0.6 is 0 Å². The molecule has 2 amide bonds. The maximum absolute atomic E-state index is 13.5. The van der Waals surface area contributed by atoms with E-state index in [4.69, 9.17) is 4.74 Å². The first-order valence-electron chi connectivity index (χ1n) is 14.9. The van der Waals surface area contributed by atoms with Crippen molar-refractivity contribution in [3.8, 4) is 17.0 Å². The number of nitrogens with zero attached hydrogens (tertiary/aromatic N) is 3. The molecule has 8 heteroatoms. The summed E-state index contributed by atoms with van der Waals surface area (Å²) in [5.74, 6) is 1.13. The molecule has 0 radical (unpaired) electrons. The highest BCUT2D eigenvalue weighted by atomic mass is 16.5. The Hall–Kier alpha value is -4.20. The van der Waals surface area contributed by atoms with Crippen molar-refractivity contribution >= 4 is 23.2 Å². The van der Waals surface area contributed by atoms with Crippen LogP contribution < -0.4 is 10.1 Å². The fourth-order valence-corrected chi connectivity index (χ4v) is 7.20. The molecule has 41 heavy (non-hydrogen) atoms. The third-order valence-corrected chi connectivity index (χ3v) is 9.29. The summed E-state index contributed by atoms with van der Waals surface area (Å²) in [5, 5.41) is 11.9. The number of ether oxygens (including phenoxy) is 1. The second kappa shape index (κ2) is 11.0. The van der Waals surface area contributed by atoms with Crippen LogP contribution in [0.15, 0.2) is 66.9 Å². The van der Waals surface area contributed by atoms with Crippen molar-refractivity contribution < 1.29 is 14.3 Å². The number of pyridine rings is 1. The van der Waals surface area contributed by atoms with E-state index in [9.17, 15) is 9.59 Å². The van der Waals surface area contributed by atoms with Gasteiger partial charge in [-0.1, -0.05) is 18.9 Å². The van der Waals surface area contributed by atoms with Gasteiger partial charge in [0.15, 0.2) is 0 Å². The zero-order valence-electron chi connectivity index (χ0n) is 23.0. The van der Waals surface area contributed by atoms with Crippen LogP contribution in [0.3, 0.4) is 0 Å². The molecule has 210 valence electrons. The van der Waals surface area contributed by atoms with Crippen molar-refractivity contribution in [3.05, 3.63) is 78.1 Å². The normalized spacial score (nSPS) is 23.0. The summed E-state index contributed by atoms with van der Waals surface area (Å²) in [7, 11) is 0. The van der Waals surface area contributed by atoms with Crippen molar-refractivity contribution in [2.45, 2.75) is 75.6 Å².